The maximum absolute atomic E-state index is 5.36. The summed E-state index contributed by atoms with van der Waals surface area (Å²) in [5.74, 6) is 1.96. The molecule has 0 radical (unpaired) electrons. The summed E-state index contributed by atoms with van der Waals surface area (Å²) in [6.45, 7) is 10.0. The Morgan fingerprint density at radius 2 is 2.05 bits per heavy atom. The van der Waals surface area contributed by atoms with Gasteiger partial charge in [0.2, 0.25) is 0 Å². The van der Waals surface area contributed by atoms with Crippen molar-refractivity contribution in [3.63, 3.8) is 0 Å². The van der Waals surface area contributed by atoms with Gasteiger partial charge in [0, 0.05) is 39.3 Å². The fourth-order valence-electron chi connectivity index (χ4n) is 2.45. The fraction of sp³-hybridized carbons (Fsp3) is 0.933. The third-order valence-corrected chi connectivity index (χ3v) is 3.89. The van der Waals surface area contributed by atoms with Gasteiger partial charge in [0.1, 0.15) is 0 Å². The van der Waals surface area contributed by atoms with E-state index in [1.54, 1.807) is 0 Å². The van der Waals surface area contributed by atoms with Crippen LogP contribution in [0.2, 0.25) is 0 Å². The van der Waals surface area contributed by atoms with Crippen LogP contribution >= 0.6 is 0 Å². The van der Waals surface area contributed by atoms with Gasteiger partial charge >= 0.3 is 0 Å². The average molecular weight is 282 g/mol. The van der Waals surface area contributed by atoms with E-state index < -0.39 is 0 Å². The molecule has 5 heteroatoms. The van der Waals surface area contributed by atoms with Gasteiger partial charge in [-0.25, -0.2) is 0 Å². The number of nitrogens with one attached hydrogen (secondary N) is 2. The van der Waals surface area contributed by atoms with Gasteiger partial charge in [-0.1, -0.05) is 12.8 Å². The molecule has 2 fully saturated rings. The number of aliphatic imine (C=N–C) groups is 1. The molecule has 2 N–H and O–H groups in total. The van der Waals surface area contributed by atoms with Crippen molar-refractivity contribution in [2.24, 2.45) is 10.9 Å². The predicted molar refractivity (Wildman–Crippen MR) is 83.2 cm³/mol. The molecule has 1 heterocycles. The lowest BCUT2D eigenvalue weighted by Gasteiger charge is -2.26. The van der Waals surface area contributed by atoms with Crippen molar-refractivity contribution < 1.29 is 4.74 Å². The van der Waals surface area contributed by atoms with Crippen LogP contribution in [0.1, 0.15) is 32.6 Å². The summed E-state index contributed by atoms with van der Waals surface area (Å²) in [7, 11) is 0. The molecule has 1 saturated carbocycles. The molecule has 116 valence electrons. The molecule has 5 nitrogen and oxygen atoms in total. The Morgan fingerprint density at radius 1 is 1.25 bits per heavy atom. The number of hydrogen-bond donors (Lipinski definition) is 2. The molecule has 0 unspecified atom stereocenters. The van der Waals surface area contributed by atoms with Gasteiger partial charge in [-0.2, -0.15) is 0 Å². The highest BCUT2D eigenvalue weighted by molar-refractivity contribution is 5.79. The van der Waals surface area contributed by atoms with Crippen LogP contribution in [0, 0.1) is 5.92 Å². The van der Waals surface area contributed by atoms with Gasteiger partial charge in [0.25, 0.3) is 0 Å². The first kappa shape index (κ1) is 15.6. The van der Waals surface area contributed by atoms with Crippen molar-refractivity contribution >= 4 is 5.96 Å². The van der Waals surface area contributed by atoms with Crippen LogP contribution < -0.4 is 10.6 Å². The van der Waals surface area contributed by atoms with E-state index in [0.29, 0.717) is 0 Å². The second-order valence-corrected chi connectivity index (χ2v) is 5.73. The van der Waals surface area contributed by atoms with Crippen LogP contribution in [-0.4, -0.2) is 63.3 Å². The molecule has 0 spiro atoms. The maximum atomic E-state index is 5.36. The van der Waals surface area contributed by atoms with E-state index in [4.69, 9.17) is 4.74 Å². The van der Waals surface area contributed by atoms with Crippen molar-refractivity contribution in [2.45, 2.75) is 32.6 Å². The zero-order chi connectivity index (χ0) is 14.0. The third kappa shape index (κ3) is 6.57. The second kappa shape index (κ2) is 9.19. The number of ether oxygens (including phenoxy) is 1. The Labute approximate surface area is 123 Å². The Morgan fingerprint density at radius 3 is 2.75 bits per heavy atom. The topological polar surface area (TPSA) is 48.9 Å². The second-order valence-electron chi connectivity index (χ2n) is 5.73. The summed E-state index contributed by atoms with van der Waals surface area (Å²) in [4.78, 5) is 7.12. The van der Waals surface area contributed by atoms with Gasteiger partial charge in [0.15, 0.2) is 5.96 Å². The Kier molecular flexibility index (Phi) is 7.15. The van der Waals surface area contributed by atoms with Crippen LogP contribution in [0.15, 0.2) is 4.99 Å². The minimum Gasteiger partial charge on any atom is -0.379 e. The highest BCUT2D eigenvalue weighted by Gasteiger charge is 2.20. The smallest absolute Gasteiger partial charge is 0.191 e. The van der Waals surface area contributed by atoms with E-state index in [9.17, 15) is 0 Å². The maximum Gasteiger partial charge on any atom is 0.191 e. The van der Waals surface area contributed by atoms with Crippen molar-refractivity contribution in [2.75, 3.05) is 52.5 Å². The number of rotatable bonds is 8. The Balaban J connectivity index is 1.57. The molecule has 1 aliphatic carbocycles. The highest BCUT2D eigenvalue weighted by atomic mass is 16.5. The van der Waals surface area contributed by atoms with E-state index in [2.05, 4.69) is 27.4 Å². The van der Waals surface area contributed by atoms with Crippen molar-refractivity contribution in [3.05, 3.63) is 0 Å². The molecule has 2 rings (SSSR count). The number of guanidine groups is 1. The molecular weight excluding hydrogens is 252 g/mol. The summed E-state index contributed by atoms with van der Waals surface area (Å²) < 4.78 is 5.36. The minimum absolute atomic E-state index is 0.884. The number of hydrogen-bond acceptors (Lipinski definition) is 3. The third-order valence-electron chi connectivity index (χ3n) is 3.89. The van der Waals surface area contributed by atoms with Crippen molar-refractivity contribution in [3.8, 4) is 0 Å². The number of morpholine rings is 1. The molecule has 0 bridgehead atoms. The van der Waals surface area contributed by atoms with Gasteiger partial charge in [-0.15, -0.1) is 0 Å². The first-order valence-corrected chi connectivity index (χ1v) is 8.20. The lowest BCUT2D eigenvalue weighted by atomic mass is 10.3. The molecule has 20 heavy (non-hydrogen) atoms. The molecule has 0 aromatic carbocycles. The molecule has 0 aromatic rings. The van der Waals surface area contributed by atoms with Gasteiger partial charge in [-0.3, -0.25) is 9.89 Å². The van der Waals surface area contributed by atoms with Crippen molar-refractivity contribution in [1.82, 2.24) is 15.5 Å². The van der Waals surface area contributed by atoms with Crippen LogP contribution in [-0.2, 0) is 4.74 Å². The monoisotopic (exact) mass is 282 g/mol. The Hall–Kier alpha value is -0.810. The molecule has 0 amide bonds. The lowest BCUT2D eigenvalue weighted by Crippen LogP contribution is -2.38. The van der Waals surface area contributed by atoms with Gasteiger partial charge in [-0.05, 0) is 25.7 Å². The molecular formula is C15H30N4O. The molecule has 0 aromatic heterocycles. The van der Waals surface area contributed by atoms with Crippen LogP contribution in [0.3, 0.4) is 0 Å². The van der Waals surface area contributed by atoms with Crippen LogP contribution in [0.25, 0.3) is 0 Å². The highest BCUT2D eigenvalue weighted by Crippen LogP contribution is 2.31. The zero-order valence-electron chi connectivity index (χ0n) is 12.9. The first-order chi connectivity index (χ1) is 9.88. The lowest BCUT2D eigenvalue weighted by molar-refractivity contribution is 0.0377. The van der Waals surface area contributed by atoms with E-state index in [-0.39, 0.29) is 0 Å². The SMILES string of the molecule is CCNC(=NCCCN1CCOCC1)NCCC1CC1. The summed E-state index contributed by atoms with van der Waals surface area (Å²) in [6.07, 6.45) is 5.27. The predicted octanol–water partition coefficient (Wildman–Crippen LogP) is 1.06. The van der Waals surface area contributed by atoms with Gasteiger partial charge in [0.05, 0.1) is 13.2 Å². The van der Waals surface area contributed by atoms with Gasteiger partial charge < -0.3 is 15.4 Å². The van der Waals surface area contributed by atoms with Crippen LogP contribution in [0.4, 0.5) is 0 Å². The Bertz CT molecular complexity index is 286. The van der Waals surface area contributed by atoms with E-state index in [0.717, 1.165) is 70.8 Å². The van der Waals surface area contributed by atoms with E-state index in [1.165, 1.54) is 19.3 Å². The molecule has 2 aliphatic rings. The van der Waals surface area contributed by atoms with Crippen molar-refractivity contribution in [1.29, 1.82) is 0 Å². The molecule has 1 saturated heterocycles. The summed E-state index contributed by atoms with van der Waals surface area (Å²) in [5, 5.41) is 6.76. The number of nitrogens with zero attached hydrogens (tertiary/aromatic N) is 2. The van der Waals surface area contributed by atoms with E-state index >= 15 is 0 Å². The standard InChI is InChI=1S/C15H30N4O/c1-2-16-15(18-8-6-14-4-5-14)17-7-3-9-19-10-12-20-13-11-19/h14H,2-13H2,1H3,(H2,16,17,18). The molecule has 0 atom stereocenters. The molecule has 1 aliphatic heterocycles. The minimum atomic E-state index is 0.884. The zero-order valence-corrected chi connectivity index (χ0v) is 12.9. The first-order valence-electron chi connectivity index (χ1n) is 8.20. The van der Waals surface area contributed by atoms with Crippen LogP contribution in [0.5, 0.6) is 0 Å². The average Bonchev–Trinajstić information content (AvgIpc) is 3.29. The fourth-order valence-corrected chi connectivity index (χ4v) is 2.45. The normalized spacial score (nSPS) is 20.9. The summed E-state index contributed by atoms with van der Waals surface area (Å²) in [6, 6.07) is 0. The van der Waals surface area contributed by atoms with E-state index in [1.807, 2.05) is 0 Å². The quantitative estimate of drug-likeness (QED) is 0.397. The largest absolute Gasteiger partial charge is 0.379 e. The summed E-state index contributed by atoms with van der Waals surface area (Å²) in [5.41, 5.74) is 0. The summed E-state index contributed by atoms with van der Waals surface area (Å²) >= 11 is 0.